The van der Waals surface area contributed by atoms with E-state index in [1.54, 1.807) is 0 Å². The molecular formula is C7H12O3. The number of hydrogen-bond acceptors (Lipinski definition) is 2. The van der Waals surface area contributed by atoms with Crippen LogP contribution in [0.25, 0.3) is 0 Å². The maximum atomic E-state index is 10.5. The molecule has 0 aromatic heterocycles. The molecule has 0 aromatic carbocycles. The number of ether oxygens (including phenoxy) is 1. The summed E-state index contributed by atoms with van der Waals surface area (Å²) in [6, 6.07) is 0. The molecule has 2 atom stereocenters. The van der Waals surface area contributed by atoms with Gasteiger partial charge in [-0.1, -0.05) is 6.92 Å². The van der Waals surface area contributed by atoms with Crippen LogP contribution in [0.2, 0.25) is 0 Å². The van der Waals surface area contributed by atoms with Crippen molar-refractivity contribution in [3.8, 4) is 0 Å². The molecule has 0 spiro atoms. The van der Waals surface area contributed by atoms with Crippen LogP contribution in [0.3, 0.4) is 0 Å². The Morgan fingerprint density at radius 1 is 1.80 bits per heavy atom. The van der Waals surface area contributed by atoms with Crippen LogP contribution in [0.4, 0.5) is 0 Å². The fourth-order valence-electron chi connectivity index (χ4n) is 1.33. The van der Waals surface area contributed by atoms with E-state index >= 15 is 0 Å². The Labute approximate surface area is 60.0 Å². The second-order valence-electron chi connectivity index (χ2n) is 2.55. The lowest BCUT2D eigenvalue weighted by Crippen LogP contribution is -2.22. The van der Waals surface area contributed by atoms with E-state index < -0.39 is 5.97 Å². The molecule has 1 heterocycles. The van der Waals surface area contributed by atoms with Gasteiger partial charge in [0.1, 0.15) is 0 Å². The Morgan fingerprint density at radius 3 is 2.90 bits per heavy atom. The monoisotopic (exact) mass is 144 g/mol. The maximum absolute atomic E-state index is 10.5. The van der Waals surface area contributed by atoms with Gasteiger partial charge in [-0.3, -0.25) is 4.79 Å². The lowest BCUT2D eigenvalue weighted by atomic mass is 10.0. The summed E-state index contributed by atoms with van der Waals surface area (Å²) >= 11 is 0. The van der Waals surface area contributed by atoms with Crippen molar-refractivity contribution in [2.24, 2.45) is 5.92 Å². The topological polar surface area (TPSA) is 46.5 Å². The van der Waals surface area contributed by atoms with Gasteiger partial charge in [0.2, 0.25) is 0 Å². The molecule has 0 aromatic rings. The first-order chi connectivity index (χ1) is 4.75. The molecule has 1 fully saturated rings. The van der Waals surface area contributed by atoms with Crippen molar-refractivity contribution in [2.75, 3.05) is 6.61 Å². The van der Waals surface area contributed by atoms with Gasteiger partial charge in [0.25, 0.3) is 0 Å². The van der Waals surface area contributed by atoms with Gasteiger partial charge in [0, 0.05) is 6.61 Å². The molecule has 3 nitrogen and oxygen atoms in total. The first kappa shape index (κ1) is 7.54. The summed E-state index contributed by atoms with van der Waals surface area (Å²) in [4.78, 5) is 10.5. The first-order valence-electron chi connectivity index (χ1n) is 3.60. The molecular weight excluding hydrogens is 132 g/mol. The third-order valence-corrected chi connectivity index (χ3v) is 1.93. The Bertz CT molecular complexity index is 133. The van der Waals surface area contributed by atoms with Gasteiger partial charge in [-0.05, 0) is 12.8 Å². The maximum Gasteiger partial charge on any atom is 0.309 e. The van der Waals surface area contributed by atoms with Crippen molar-refractivity contribution in [2.45, 2.75) is 25.9 Å². The molecule has 10 heavy (non-hydrogen) atoms. The van der Waals surface area contributed by atoms with Gasteiger partial charge < -0.3 is 9.84 Å². The van der Waals surface area contributed by atoms with Gasteiger partial charge >= 0.3 is 5.97 Å². The lowest BCUT2D eigenvalue weighted by molar-refractivity contribution is -0.143. The molecule has 3 heteroatoms. The summed E-state index contributed by atoms with van der Waals surface area (Å²) in [7, 11) is 0. The average Bonchev–Trinajstić information content (AvgIpc) is 2.33. The number of carbonyl (C=O) groups is 1. The molecule has 0 bridgehead atoms. The Hall–Kier alpha value is -0.570. The quantitative estimate of drug-likeness (QED) is 0.626. The second-order valence-corrected chi connectivity index (χ2v) is 2.55. The van der Waals surface area contributed by atoms with Crippen LogP contribution in [0.5, 0.6) is 0 Å². The average molecular weight is 144 g/mol. The van der Waals surface area contributed by atoms with Crippen molar-refractivity contribution in [1.29, 1.82) is 0 Å². The zero-order valence-electron chi connectivity index (χ0n) is 6.04. The van der Waals surface area contributed by atoms with E-state index in [-0.39, 0.29) is 12.0 Å². The van der Waals surface area contributed by atoms with Crippen molar-refractivity contribution in [3.05, 3.63) is 0 Å². The predicted molar refractivity (Wildman–Crippen MR) is 35.8 cm³/mol. The molecule has 1 saturated heterocycles. The molecule has 1 aliphatic heterocycles. The smallest absolute Gasteiger partial charge is 0.309 e. The van der Waals surface area contributed by atoms with E-state index in [4.69, 9.17) is 9.84 Å². The van der Waals surface area contributed by atoms with Crippen LogP contribution < -0.4 is 0 Å². The summed E-state index contributed by atoms with van der Waals surface area (Å²) in [5.41, 5.74) is 0. The highest BCUT2D eigenvalue weighted by Crippen LogP contribution is 2.22. The van der Waals surface area contributed by atoms with Gasteiger partial charge in [-0.25, -0.2) is 0 Å². The van der Waals surface area contributed by atoms with Crippen molar-refractivity contribution >= 4 is 5.97 Å². The highest BCUT2D eigenvalue weighted by molar-refractivity contribution is 5.71. The minimum atomic E-state index is -0.718. The van der Waals surface area contributed by atoms with Gasteiger partial charge in [0.05, 0.1) is 12.0 Å². The fraction of sp³-hybridized carbons (Fsp3) is 0.857. The number of hydrogen-bond donors (Lipinski definition) is 1. The summed E-state index contributed by atoms with van der Waals surface area (Å²) < 4.78 is 5.20. The molecule has 2 unspecified atom stereocenters. The molecule has 0 amide bonds. The van der Waals surface area contributed by atoms with Crippen molar-refractivity contribution in [1.82, 2.24) is 0 Å². The highest BCUT2D eigenvalue weighted by Gasteiger charge is 2.32. The van der Waals surface area contributed by atoms with E-state index in [9.17, 15) is 4.79 Å². The SMILES string of the molecule is CCC1OCCC1C(=O)O. The molecule has 0 saturated carbocycles. The van der Waals surface area contributed by atoms with Crippen LogP contribution >= 0.6 is 0 Å². The van der Waals surface area contributed by atoms with Gasteiger partial charge in [-0.2, -0.15) is 0 Å². The van der Waals surface area contributed by atoms with Crippen molar-refractivity contribution < 1.29 is 14.6 Å². The minimum Gasteiger partial charge on any atom is -0.481 e. The van der Waals surface area contributed by atoms with Gasteiger partial charge in [0.15, 0.2) is 0 Å². The standard InChI is InChI=1S/C7H12O3/c1-2-6-5(7(8)9)3-4-10-6/h5-6H,2-4H2,1H3,(H,8,9). The molecule has 1 rings (SSSR count). The van der Waals surface area contributed by atoms with Crippen molar-refractivity contribution in [3.63, 3.8) is 0 Å². The predicted octanol–water partition coefficient (Wildman–Crippen LogP) is 0.886. The Kier molecular flexibility index (Phi) is 2.27. The Balaban J connectivity index is 2.50. The number of carboxylic acid groups (broad SMARTS) is 1. The number of rotatable bonds is 2. The second kappa shape index (κ2) is 3.01. The third-order valence-electron chi connectivity index (χ3n) is 1.93. The number of carboxylic acids is 1. The lowest BCUT2D eigenvalue weighted by Gasteiger charge is -2.10. The van der Waals surface area contributed by atoms with E-state index in [0.29, 0.717) is 13.0 Å². The molecule has 58 valence electrons. The van der Waals surface area contributed by atoms with Crippen LogP contribution in [-0.4, -0.2) is 23.8 Å². The molecule has 0 aliphatic carbocycles. The highest BCUT2D eigenvalue weighted by atomic mass is 16.5. The summed E-state index contributed by atoms with van der Waals surface area (Å²) in [6.45, 7) is 2.56. The fourth-order valence-corrected chi connectivity index (χ4v) is 1.33. The molecule has 0 radical (unpaired) electrons. The zero-order valence-corrected chi connectivity index (χ0v) is 6.04. The third kappa shape index (κ3) is 1.29. The van der Waals surface area contributed by atoms with E-state index in [2.05, 4.69) is 0 Å². The zero-order chi connectivity index (χ0) is 7.56. The van der Waals surface area contributed by atoms with Gasteiger partial charge in [-0.15, -0.1) is 0 Å². The van der Waals surface area contributed by atoms with E-state index in [1.807, 2.05) is 6.92 Å². The van der Waals surface area contributed by atoms with E-state index in [1.165, 1.54) is 0 Å². The normalized spacial score (nSPS) is 32.5. The Morgan fingerprint density at radius 2 is 2.50 bits per heavy atom. The molecule has 1 N–H and O–H groups in total. The van der Waals surface area contributed by atoms with Crippen LogP contribution in [-0.2, 0) is 9.53 Å². The van der Waals surface area contributed by atoms with Crippen LogP contribution in [0.1, 0.15) is 19.8 Å². The first-order valence-corrected chi connectivity index (χ1v) is 3.60. The van der Waals surface area contributed by atoms with Crippen LogP contribution in [0.15, 0.2) is 0 Å². The van der Waals surface area contributed by atoms with E-state index in [0.717, 1.165) is 6.42 Å². The summed E-state index contributed by atoms with van der Waals surface area (Å²) in [5.74, 6) is -0.977. The number of aliphatic carboxylic acids is 1. The summed E-state index contributed by atoms with van der Waals surface area (Å²) in [6.07, 6.45) is 1.43. The van der Waals surface area contributed by atoms with Crippen LogP contribution in [0, 0.1) is 5.92 Å². The largest absolute Gasteiger partial charge is 0.481 e. The molecule has 1 aliphatic rings. The minimum absolute atomic E-state index is 0.0440. The summed E-state index contributed by atoms with van der Waals surface area (Å²) in [5, 5.41) is 8.63.